The number of aryl methyl sites for hydroxylation is 1. The van der Waals surface area contributed by atoms with Crippen molar-refractivity contribution in [1.29, 1.82) is 0 Å². The number of aromatic amines is 1. The average molecular weight is 263 g/mol. The number of imidazole rings is 1. The number of nitrogens with one attached hydrogen (secondary N) is 2. The van der Waals surface area contributed by atoms with Gasteiger partial charge in [-0.3, -0.25) is 0 Å². The van der Waals surface area contributed by atoms with E-state index in [1.54, 1.807) is 11.8 Å². The van der Waals surface area contributed by atoms with Crippen molar-refractivity contribution in [3.63, 3.8) is 0 Å². The minimum absolute atomic E-state index is 0.573. The van der Waals surface area contributed by atoms with Crippen molar-refractivity contribution in [3.8, 4) is 0 Å². The molecule has 0 saturated heterocycles. The third-order valence-corrected chi connectivity index (χ3v) is 3.69. The number of rotatable bonds is 6. The second-order valence-corrected chi connectivity index (χ2v) is 5.96. The normalized spacial score (nSPS) is 11.6. The van der Waals surface area contributed by atoms with Gasteiger partial charge in [-0.15, -0.1) is 0 Å². The molecule has 0 aliphatic carbocycles. The molecule has 2 N–H and O–H groups in total. The Hall–Kier alpha value is -1.00. The van der Waals surface area contributed by atoms with E-state index in [9.17, 15) is 0 Å². The number of thioether (sulfide) groups is 1. The van der Waals surface area contributed by atoms with Gasteiger partial charge in [0.15, 0.2) is 5.16 Å². The standard InChI is InChI=1S/C14H21N3S/c1-10(2)15-7-4-8-18-14-16-12-6-5-11(3)9-13(12)17-14/h5-6,9-10,15H,4,7-8H2,1-3H3,(H,16,17). The lowest BCUT2D eigenvalue weighted by Gasteiger charge is -2.06. The number of aromatic nitrogens is 2. The van der Waals surface area contributed by atoms with Gasteiger partial charge in [0.1, 0.15) is 0 Å². The van der Waals surface area contributed by atoms with Gasteiger partial charge in [0, 0.05) is 11.8 Å². The van der Waals surface area contributed by atoms with Crippen molar-refractivity contribution in [2.75, 3.05) is 12.3 Å². The van der Waals surface area contributed by atoms with Crippen molar-refractivity contribution < 1.29 is 0 Å². The first-order chi connectivity index (χ1) is 8.65. The first-order valence-corrected chi connectivity index (χ1v) is 7.46. The molecule has 0 spiro atoms. The first kappa shape index (κ1) is 13.4. The minimum atomic E-state index is 0.573. The zero-order chi connectivity index (χ0) is 13.0. The Kier molecular flexibility index (Phi) is 4.66. The highest BCUT2D eigenvalue weighted by atomic mass is 32.2. The summed E-state index contributed by atoms with van der Waals surface area (Å²) in [5, 5.41) is 4.45. The number of H-pyrrole nitrogens is 1. The average Bonchev–Trinajstić information content (AvgIpc) is 2.70. The van der Waals surface area contributed by atoms with Gasteiger partial charge < -0.3 is 10.3 Å². The predicted molar refractivity (Wildman–Crippen MR) is 79.3 cm³/mol. The molecular weight excluding hydrogens is 242 g/mol. The van der Waals surface area contributed by atoms with E-state index in [1.165, 1.54) is 12.0 Å². The SMILES string of the molecule is Cc1ccc2nc(SCCCNC(C)C)[nH]c2c1. The van der Waals surface area contributed by atoms with Gasteiger partial charge >= 0.3 is 0 Å². The van der Waals surface area contributed by atoms with E-state index in [1.807, 2.05) is 0 Å². The molecule has 0 unspecified atom stereocenters. The zero-order valence-corrected chi connectivity index (χ0v) is 12.1. The van der Waals surface area contributed by atoms with Crippen molar-refractivity contribution in [1.82, 2.24) is 15.3 Å². The molecule has 1 aromatic heterocycles. The predicted octanol–water partition coefficient (Wildman–Crippen LogP) is 3.35. The highest BCUT2D eigenvalue weighted by molar-refractivity contribution is 7.99. The molecule has 2 rings (SSSR count). The lowest BCUT2D eigenvalue weighted by Crippen LogP contribution is -2.23. The Morgan fingerprint density at radius 2 is 2.22 bits per heavy atom. The van der Waals surface area contributed by atoms with Crippen LogP contribution < -0.4 is 5.32 Å². The number of benzene rings is 1. The Labute approximate surface area is 113 Å². The second kappa shape index (κ2) is 6.25. The molecular formula is C14H21N3S. The van der Waals surface area contributed by atoms with Gasteiger partial charge in [0.2, 0.25) is 0 Å². The van der Waals surface area contributed by atoms with E-state index in [0.29, 0.717) is 6.04 Å². The smallest absolute Gasteiger partial charge is 0.166 e. The summed E-state index contributed by atoms with van der Waals surface area (Å²) in [6.07, 6.45) is 1.17. The van der Waals surface area contributed by atoms with Crippen LogP contribution in [-0.2, 0) is 0 Å². The Balaban J connectivity index is 1.84. The molecule has 0 radical (unpaired) electrons. The maximum Gasteiger partial charge on any atom is 0.166 e. The van der Waals surface area contributed by atoms with Crippen LogP contribution in [0.4, 0.5) is 0 Å². The summed E-state index contributed by atoms with van der Waals surface area (Å²) in [4.78, 5) is 7.94. The Bertz CT molecular complexity index is 505. The maximum atomic E-state index is 4.57. The highest BCUT2D eigenvalue weighted by Crippen LogP contribution is 2.20. The highest BCUT2D eigenvalue weighted by Gasteiger charge is 2.03. The molecule has 0 aliphatic rings. The van der Waals surface area contributed by atoms with Crippen LogP contribution in [0.25, 0.3) is 11.0 Å². The van der Waals surface area contributed by atoms with Gasteiger partial charge in [-0.2, -0.15) is 0 Å². The molecule has 18 heavy (non-hydrogen) atoms. The fraction of sp³-hybridized carbons (Fsp3) is 0.500. The molecule has 0 amide bonds. The second-order valence-electron chi connectivity index (χ2n) is 4.87. The summed E-state index contributed by atoms with van der Waals surface area (Å²) in [6.45, 7) is 7.53. The monoisotopic (exact) mass is 263 g/mol. The Morgan fingerprint density at radius 3 is 3.00 bits per heavy atom. The quantitative estimate of drug-likeness (QED) is 0.620. The molecule has 4 heteroatoms. The lowest BCUT2D eigenvalue weighted by molar-refractivity contribution is 0.585. The summed E-state index contributed by atoms with van der Waals surface area (Å²) in [5.41, 5.74) is 3.46. The van der Waals surface area contributed by atoms with Crippen LogP contribution in [-0.4, -0.2) is 28.3 Å². The van der Waals surface area contributed by atoms with Crippen LogP contribution >= 0.6 is 11.8 Å². The summed E-state index contributed by atoms with van der Waals surface area (Å²) in [5.74, 6) is 1.10. The summed E-state index contributed by atoms with van der Waals surface area (Å²) >= 11 is 1.80. The fourth-order valence-electron chi connectivity index (χ4n) is 1.80. The van der Waals surface area contributed by atoms with Gasteiger partial charge in [-0.25, -0.2) is 4.98 Å². The van der Waals surface area contributed by atoms with Crippen molar-refractivity contribution >= 4 is 22.8 Å². The molecule has 98 valence electrons. The molecule has 0 bridgehead atoms. The van der Waals surface area contributed by atoms with Crippen LogP contribution in [0.2, 0.25) is 0 Å². The molecule has 0 aliphatic heterocycles. The maximum absolute atomic E-state index is 4.57. The largest absolute Gasteiger partial charge is 0.333 e. The van der Waals surface area contributed by atoms with Gasteiger partial charge in [0.05, 0.1) is 11.0 Å². The molecule has 0 atom stereocenters. The summed E-state index contributed by atoms with van der Waals surface area (Å²) in [7, 11) is 0. The third kappa shape index (κ3) is 3.75. The van der Waals surface area contributed by atoms with E-state index < -0.39 is 0 Å². The van der Waals surface area contributed by atoms with Crippen molar-refractivity contribution in [2.45, 2.75) is 38.4 Å². The molecule has 1 heterocycles. The molecule has 1 aromatic carbocycles. The van der Waals surface area contributed by atoms with Gasteiger partial charge in [-0.05, 0) is 37.6 Å². The lowest BCUT2D eigenvalue weighted by atomic mass is 10.2. The van der Waals surface area contributed by atoms with Crippen LogP contribution in [0.15, 0.2) is 23.4 Å². The first-order valence-electron chi connectivity index (χ1n) is 6.47. The van der Waals surface area contributed by atoms with Gasteiger partial charge in [-0.1, -0.05) is 31.7 Å². The van der Waals surface area contributed by atoms with Gasteiger partial charge in [0.25, 0.3) is 0 Å². The topological polar surface area (TPSA) is 40.7 Å². The number of hydrogen-bond acceptors (Lipinski definition) is 3. The van der Waals surface area contributed by atoms with E-state index in [-0.39, 0.29) is 0 Å². The number of nitrogens with zero attached hydrogens (tertiary/aromatic N) is 1. The summed E-state index contributed by atoms with van der Waals surface area (Å²) in [6, 6.07) is 6.90. The van der Waals surface area contributed by atoms with Crippen LogP contribution in [0.3, 0.4) is 0 Å². The number of hydrogen-bond donors (Lipinski definition) is 2. The third-order valence-electron chi connectivity index (χ3n) is 2.73. The van der Waals surface area contributed by atoms with E-state index in [2.05, 4.69) is 54.3 Å². The Morgan fingerprint density at radius 1 is 1.39 bits per heavy atom. The van der Waals surface area contributed by atoms with Crippen LogP contribution in [0.5, 0.6) is 0 Å². The van der Waals surface area contributed by atoms with Crippen LogP contribution in [0, 0.1) is 6.92 Å². The van der Waals surface area contributed by atoms with Crippen molar-refractivity contribution in [3.05, 3.63) is 23.8 Å². The summed E-state index contributed by atoms with van der Waals surface area (Å²) < 4.78 is 0. The number of fused-ring (bicyclic) bond motifs is 1. The van der Waals surface area contributed by atoms with Crippen molar-refractivity contribution in [2.24, 2.45) is 0 Å². The van der Waals surface area contributed by atoms with Crippen LogP contribution in [0.1, 0.15) is 25.8 Å². The molecule has 2 aromatic rings. The van der Waals surface area contributed by atoms with E-state index in [4.69, 9.17) is 0 Å². The zero-order valence-electron chi connectivity index (χ0n) is 11.3. The van der Waals surface area contributed by atoms with E-state index in [0.717, 1.165) is 28.5 Å². The minimum Gasteiger partial charge on any atom is -0.333 e. The fourth-order valence-corrected chi connectivity index (χ4v) is 2.63. The molecule has 0 fully saturated rings. The molecule has 3 nitrogen and oxygen atoms in total. The molecule has 0 saturated carbocycles. The van der Waals surface area contributed by atoms with E-state index >= 15 is 0 Å².